The number of benzene rings is 1. The minimum atomic E-state index is -3.86. The Morgan fingerprint density at radius 1 is 1.19 bits per heavy atom. The number of nitrogens with two attached hydrogens (primary N) is 1. The number of carbonyl (C=O) groups excluding carboxylic acids is 3. The minimum absolute atomic E-state index is 0.0706. The molecule has 1 aromatic rings. The quantitative estimate of drug-likeness (QED) is 0.484. The largest absolute Gasteiger partial charge is 0.370 e. The number of primary amides is 1. The van der Waals surface area contributed by atoms with Crippen molar-refractivity contribution in [2.75, 3.05) is 20.1 Å². The molecule has 0 bridgehead atoms. The van der Waals surface area contributed by atoms with Crippen LogP contribution >= 0.6 is 0 Å². The Kier molecular flexibility index (Phi) is 8.20. The molecule has 0 radical (unpaired) electrons. The Morgan fingerprint density at radius 2 is 1.81 bits per heavy atom. The highest BCUT2D eigenvalue weighted by atomic mass is 32.2. The Balaban J connectivity index is 2.94. The summed E-state index contributed by atoms with van der Waals surface area (Å²) < 4.78 is 26.4. The molecule has 0 heterocycles. The van der Waals surface area contributed by atoms with Gasteiger partial charge in [-0.3, -0.25) is 14.4 Å². The van der Waals surface area contributed by atoms with Crippen molar-refractivity contribution in [2.24, 2.45) is 5.73 Å². The van der Waals surface area contributed by atoms with Crippen LogP contribution in [0.25, 0.3) is 0 Å². The molecule has 0 spiro atoms. The number of sulfonamides is 1. The average molecular weight is 384 g/mol. The van der Waals surface area contributed by atoms with E-state index in [2.05, 4.69) is 10.6 Å². The Bertz CT molecular complexity index is 736. The number of rotatable bonds is 10. The summed E-state index contributed by atoms with van der Waals surface area (Å²) in [6.45, 7) is 1.44. The molecule has 3 amide bonds. The van der Waals surface area contributed by atoms with E-state index in [4.69, 9.17) is 5.73 Å². The van der Waals surface area contributed by atoms with E-state index in [1.54, 1.807) is 25.1 Å². The van der Waals surface area contributed by atoms with E-state index in [1.165, 1.54) is 19.2 Å². The zero-order chi connectivity index (χ0) is 19.7. The van der Waals surface area contributed by atoms with Gasteiger partial charge in [0.25, 0.3) is 0 Å². The molecule has 26 heavy (non-hydrogen) atoms. The van der Waals surface area contributed by atoms with Gasteiger partial charge in [0, 0.05) is 13.6 Å². The predicted molar refractivity (Wildman–Crippen MR) is 95.3 cm³/mol. The summed E-state index contributed by atoms with van der Waals surface area (Å²) in [5.74, 6) is -2.06. The highest BCUT2D eigenvalue weighted by molar-refractivity contribution is 7.89. The molecule has 0 fully saturated rings. The third-order valence-corrected chi connectivity index (χ3v) is 5.34. The Morgan fingerprint density at radius 3 is 2.31 bits per heavy atom. The van der Waals surface area contributed by atoms with Gasteiger partial charge in [-0.15, -0.1) is 0 Å². The van der Waals surface area contributed by atoms with E-state index >= 15 is 0 Å². The molecule has 0 saturated carbocycles. The molecule has 10 heteroatoms. The maximum Gasteiger partial charge on any atom is 0.243 e. The number of hydrogen-bond donors (Lipinski definition) is 3. The van der Waals surface area contributed by atoms with Crippen molar-refractivity contribution < 1.29 is 22.8 Å². The van der Waals surface area contributed by atoms with Crippen molar-refractivity contribution in [3.63, 3.8) is 0 Å². The van der Waals surface area contributed by atoms with Crippen LogP contribution in [0, 0.1) is 0 Å². The van der Waals surface area contributed by atoms with E-state index in [0.29, 0.717) is 6.42 Å². The first-order chi connectivity index (χ1) is 12.2. The van der Waals surface area contributed by atoms with Crippen LogP contribution in [0.4, 0.5) is 0 Å². The van der Waals surface area contributed by atoms with Gasteiger partial charge in [-0.05, 0) is 18.6 Å². The smallest absolute Gasteiger partial charge is 0.243 e. The number of nitrogens with one attached hydrogen (secondary N) is 2. The van der Waals surface area contributed by atoms with Gasteiger partial charge in [-0.25, -0.2) is 8.42 Å². The SMILES string of the molecule is CCCN(CC(=O)N[C@@H](CC(N)=O)C(=O)NC)S(=O)(=O)c1ccccc1. The standard InChI is InChI=1S/C16H24N4O5S/c1-3-9-20(26(24,25)12-7-5-4-6-8-12)11-15(22)19-13(10-14(17)21)16(23)18-2/h4-8,13H,3,9-11H2,1-2H3,(H2,17,21)(H,18,23)(H,19,22)/t13-/m0/s1. The summed E-state index contributed by atoms with van der Waals surface area (Å²) in [5.41, 5.74) is 5.08. The van der Waals surface area contributed by atoms with Gasteiger partial charge in [0.15, 0.2) is 0 Å². The highest BCUT2D eigenvalue weighted by Crippen LogP contribution is 2.15. The van der Waals surface area contributed by atoms with Crippen LogP contribution in [0.15, 0.2) is 35.2 Å². The van der Waals surface area contributed by atoms with E-state index in [9.17, 15) is 22.8 Å². The van der Waals surface area contributed by atoms with Crippen molar-refractivity contribution >= 4 is 27.7 Å². The zero-order valence-corrected chi connectivity index (χ0v) is 15.6. The second-order valence-corrected chi connectivity index (χ2v) is 7.49. The maximum absolute atomic E-state index is 12.7. The highest BCUT2D eigenvalue weighted by Gasteiger charge is 2.28. The lowest BCUT2D eigenvalue weighted by Crippen LogP contribution is -2.51. The first kappa shape index (κ1) is 21.6. The molecule has 9 nitrogen and oxygen atoms in total. The summed E-state index contributed by atoms with van der Waals surface area (Å²) in [4.78, 5) is 35.2. The van der Waals surface area contributed by atoms with Gasteiger partial charge >= 0.3 is 0 Å². The third-order valence-electron chi connectivity index (χ3n) is 3.48. The molecule has 4 N–H and O–H groups in total. The van der Waals surface area contributed by atoms with Gasteiger partial charge in [0.2, 0.25) is 27.7 Å². The second kappa shape index (κ2) is 9.88. The molecular weight excluding hydrogens is 360 g/mol. The topological polar surface area (TPSA) is 139 Å². The number of likely N-dealkylation sites (N-methyl/N-ethyl adjacent to an activating group) is 1. The lowest BCUT2D eigenvalue weighted by atomic mass is 10.2. The maximum atomic E-state index is 12.7. The first-order valence-corrected chi connectivity index (χ1v) is 9.50. The Hall–Kier alpha value is -2.46. The summed E-state index contributed by atoms with van der Waals surface area (Å²) in [6.07, 6.45) is 0.115. The summed E-state index contributed by atoms with van der Waals surface area (Å²) >= 11 is 0. The van der Waals surface area contributed by atoms with Gasteiger partial charge in [0.1, 0.15) is 6.04 Å². The normalized spacial score (nSPS) is 12.4. The average Bonchev–Trinajstić information content (AvgIpc) is 2.60. The van der Waals surface area contributed by atoms with Crippen molar-refractivity contribution in [3.8, 4) is 0 Å². The molecule has 144 valence electrons. The van der Waals surface area contributed by atoms with E-state index in [1.807, 2.05) is 0 Å². The van der Waals surface area contributed by atoms with E-state index < -0.39 is 40.3 Å². The van der Waals surface area contributed by atoms with Crippen LogP contribution in [0.2, 0.25) is 0 Å². The summed E-state index contributed by atoms with van der Waals surface area (Å²) in [6, 6.07) is 6.59. The Labute approximate surface area is 153 Å². The minimum Gasteiger partial charge on any atom is -0.370 e. The summed E-state index contributed by atoms with van der Waals surface area (Å²) in [7, 11) is -2.51. The fraction of sp³-hybridized carbons (Fsp3) is 0.438. The molecular formula is C16H24N4O5S. The number of nitrogens with zero attached hydrogens (tertiary/aromatic N) is 1. The van der Waals surface area contributed by atoms with E-state index in [0.717, 1.165) is 4.31 Å². The fourth-order valence-electron chi connectivity index (χ4n) is 2.26. The molecule has 0 aromatic heterocycles. The van der Waals surface area contributed by atoms with Gasteiger partial charge in [0.05, 0.1) is 17.9 Å². The van der Waals surface area contributed by atoms with Crippen LogP contribution in [-0.2, 0) is 24.4 Å². The lowest BCUT2D eigenvalue weighted by molar-refractivity contribution is -0.131. The molecule has 0 aliphatic carbocycles. The second-order valence-electron chi connectivity index (χ2n) is 5.56. The monoisotopic (exact) mass is 384 g/mol. The predicted octanol–water partition coefficient (Wildman–Crippen LogP) is -0.806. The van der Waals surface area contributed by atoms with E-state index in [-0.39, 0.29) is 17.9 Å². The van der Waals surface area contributed by atoms with Crippen molar-refractivity contribution in [3.05, 3.63) is 30.3 Å². The number of carbonyl (C=O) groups is 3. The van der Waals surface area contributed by atoms with Crippen LogP contribution in [-0.4, -0.2) is 56.6 Å². The van der Waals surface area contributed by atoms with Crippen LogP contribution < -0.4 is 16.4 Å². The summed E-state index contributed by atoms with van der Waals surface area (Å²) in [5, 5.41) is 4.67. The van der Waals surface area contributed by atoms with Crippen molar-refractivity contribution in [1.29, 1.82) is 0 Å². The first-order valence-electron chi connectivity index (χ1n) is 8.06. The molecule has 0 aliphatic rings. The van der Waals surface area contributed by atoms with Gasteiger partial charge in [-0.1, -0.05) is 25.1 Å². The van der Waals surface area contributed by atoms with Gasteiger partial charge < -0.3 is 16.4 Å². The third kappa shape index (κ3) is 6.12. The molecule has 1 atom stereocenters. The lowest BCUT2D eigenvalue weighted by Gasteiger charge is -2.23. The fourth-order valence-corrected chi connectivity index (χ4v) is 3.77. The van der Waals surface area contributed by atoms with Crippen LogP contribution in [0.3, 0.4) is 0 Å². The molecule has 1 aromatic carbocycles. The van der Waals surface area contributed by atoms with Crippen molar-refractivity contribution in [1.82, 2.24) is 14.9 Å². The zero-order valence-electron chi connectivity index (χ0n) is 14.8. The van der Waals surface area contributed by atoms with Crippen LogP contribution in [0.1, 0.15) is 19.8 Å². The molecule has 0 unspecified atom stereocenters. The van der Waals surface area contributed by atoms with Crippen molar-refractivity contribution in [2.45, 2.75) is 30.7 Å². The van der Waals surface area contributed by atoms with Crippen LogP contribution in [0.5, 0.6) is 0 Å². The molecule has 0 saturated heterocycles. The van der Waals surface area contributed by atoms with Gasteiger partial charge in [-0.2, -0.15) is 4.31 Å². The number of amides is 3. The molecule has 1 rings (SSSR count). The number of hydrogen-bond acceptors (Lipinski definition) is 5. The molecule has 0 aliphatic heterocycles.